The van der Waals surface area contributed by atoms with E-state index in [-0.39, 0.29) is 60.8 Å². The molecule has 0 aliphatic heterocycles. The SMILES string of the molecule is C.C.C.C.C.C=O.CC(=O)N(C)C.CC(C)=O.CC(C)O.CNC(C)=O.O=S. The fraction of sp³-hybridized carbons (Fsp3) is 0.789. The van der Waals surface area contributed by atoms with Crippen LogP contribution in [0.15, 0.2) is 0 Å². The predicted octanol–water partition coefficient (Wildman–Crippen LogP) is 3.49. The Morgan fingerprint density at radius 1 is 0.857 bits per heavy atom. The molecule has 0 aromatic carbocycles. The normalized spacial score (nSPS) is 5.39. The summed E-state index contributed by atoms with van der Waals surface area (Å²) >= 11 is 2.83. The van der Waals surface area contributed by atoms with Crippen molar-refractivity contribution in [3.63, 3.8) is 0 Å². The molecule has 180 valence electrons. The maximum Gasteiger partial charge on any atom is 0.218 e. The van der Waals surface area contributed by atoms with Crippen LogP contribution >= 0.6 is 0 Å². The summed E-state index contributed by atoms with van der Waals surface area (Å²) in [5.74, 6) is 0.264. The van der Waals surface area contributed by atoms with E-state index in [1.807, 2.05) is 6.79 Å². The number of nitrogens with zero attached hydrogens (tertiary/aromatic N) is 1. The first kappa shape index (κ1) is 72.0. The Kier molecular flexibility index (Phi) is 188. The molecule has 0 heterocycles. The average molecular weight is 437 g/mol. The Bertz CT molecular complexity index is 268. The minimum absolute atomic E-state index is 0. The number of nitrogens with one attached hydrogen (secondary N) is 1. The lowest BCUT2D eigenvalue weighted by molar-refractivity contribution is -0.126. The average Bonchev–Trinajstić information content (AvgIpc) is 2.42. The summed E-state index contributed by atoms with van der Waals surface area (Å²) in [6.45, 7) is 11.5. The molecule has 0 fully saturated rings. The van der Waals surface area contributed by atoms with Crippen LogP contribution in [0.1, 0.15) is 78.7 Å². The van der Waals surface area contributed by atoms with Crippen LogP contribution in [0.2, 0.25) is 0 Å². The highest BCUT2D eigenvalue weighted by Gasteiger charge is 1.87. The summed E-state index contributed by atoms with van der Waals surface area (Å²) in [5, 5.41) is 10.4. The molecule has 0 unspecified atom stereocenters. The molecule has 0 saturated carbocycles. The molecule has 2 N–H and O–H groups in total. The predicted molar refractivity (Wildman–Crippen MR) is 127 cm³/mol. The summed E-state index contributed by atoms with van der Waals surface area (Å²) in [6, 6.07) is 0. The third-order valence-corrected chi connectivity index (χ3v) is 0.982. The van der Waals surface area contributed by atoms with Crippen LogP contribution < -0.4 is 5.32 Å². The Morgan fingerprint density at radius 3 is 0.929 bits per heavy atom. The monoisotopic (exact) mass is 436 g/mol. The van der Waals surface area contributed by atoms with Gasteiger partial charge in [-0.15, -0.1) is 0 Å². The van der Waals surface area contributed by atoms with E-state index in [9.17, 15) is 14.4 Å². The summed E-state index contributed by atoms with van der Waals surface area (Å²) in [6.07, 6.45) is -0.167. The number of amides is 2. The highest BCUT2D eigenvalue weighted by Crippen LogP contribution is 1.69. The van der Waals surface area contributed by atoms with Crippen molar-refractivity contribution in [3.05, 3.63) is 0 Å². The van der Waals surface area contributed by atoms with Crippen LogP contribution in [0, 0.1) is 0 Å². The zero-order valence-electron chi connectivity index (χ0n) is 15.6. The number of carbonyl (C=O) groups excluding carboxylic acids is 4. The van der Waals surface area contributed by atoms with Crippen LogP contribution in [0.5, 0.6) is 0 Å². The minimum atomic E-state index is -0.167. The summed E-state index contributed by atoms with van der Waals surface area (Å²) < 4.78 is 7.83. The number of ketones is 1. The first-order valence-corrected chi connectivity index (χ1v) is 6.68. The largest absolute Gasteiger partial charge is 0.394 e. The number of Topliss-reactive ketones (excluding diaryl/α,β-unsaturated/α-hetero) is 1. The van der Waals surface area contributed by atoms with Gasteiger partial charge in [-0.3, -0.25) is 9.59 Å². The van der Waals surface area contributed by atoms with Crippen LogP contribution in [-0.2, 0) is 31.7 Å². The molecule has 0 aromatic rings. The quantitative estimate of drug-likeness (QED) is 0.596. The highest BCUT2D eigenvalue weighted by atomic mass is 32.1. The van der Waals surface area contributed by atoms with Crippen molar-refractivity contribution in [3.8, 4) is 0 Å². The van der Waals surface area contributed by atoms with Gasteiger partial charge in [0, 0.05) is 41.1 Å². The summed E-state index contributed by atoms with van der Waals surface area (Å²) in [4.78, 5) is 38.7. The van der Waals surface area contributed by atoms with Crippen molar-refractivity contribution in [2.75, 3.05) is 21.1 Å². The van der Waals surface area contributed by atoms with Crippen molar-refractivity contribution in [2.45, 2.75) is 84.8 Å². The van der Waals surface area contributed by atoms with Gasteiger partial charge in [0.15, 0.2) is 12.5 Å². The molecule has 0 aliphatic rings. The van der Waals surface area contributed by atoms with Crippen molar-refractivity contribution in [1.82, 2.24) is 10.2 Å². The second kappa shape index (κ2) is 73.1. The number of aliphatic hydroxyl groups is 1. The fourth-order valence-electron chi connectivity index (χ4n) is 0. The zero-order valence-corrected chi connectivity index (χ0v) is 16.4. The van der Waals surface area contributed by atoms with Gasteiger partial charge in [-0.1, -0.05) is 37.1 Å². The summed E-state index contributed by atoms with van der Waals surface area (Å²) in [7, 11) is 5.05. The molecule has 0 saturated heterocycles. The van der Waals surface area contributed by atoms with Gasteiger partial charge in [-0.05, 0) is 27.7 Å². The molecular weight excluding hydrogens is 384 g/mol. The molecule has 0 rings (SSSR count). The molecule has 0 aliphatic carbocycles. The highest BCUT2D eigenvalue weighted by molar-refractivity contribution is 7.44. The molecule has 0 bridgehead atoms. The maximum absolute atomic E-state index is 10.1. The van der Waals surface area contributed by atoms with Crippen LogP contribution in [0.4, 0.5) is 0 Å². The topological polar surface area (TPSA) is 121 Å². The second-order valence-corrected chi connectivity index (χ2v) is 4.22. The molecule has 0 aromatic heterocycles. The molecule has 8 nitrogen and oxygen atoms in total. The minimum Gasteiger partial charge on any atom is -0.394 e. The van der Waals surface area contributed by atoms with Gasteiger partial charge in [0.2, 0.25) is 11.8 Å². The van der Waals surface area contributed by atoms with Crippen LogP contribution in [0.25, 0.3) is 0 Å². The third kappa shape index (κ3) is 723. The molecule has 28 heavy (non-hydrogen) atoms. The van der Waals surface area contributed by atoms with Gasteiger partial charge in [0.25, 0.3) is 0 Å². The fourth-order valence-corrected chi connectivity index (χ4v) is 0. The first-order chi connectivity index (χ1) is 10.4. The number of hydrogen-bond donors (Lipinski definition) is 2. The molecule has 0 radical (unpaired) electrons. The lowest BCUT2D eigenvalue weighted by Gasteiger charge is -2.02. The van der Waals surface area contributed by atoms with E-state index in [0.717, 1.165) is 0 Å². The number of hydrogen-bond acceptors (Lipinski definition) is 7. The number of carbonyl (C=O) groups is 4. The van der Waals surface area contributed by atoms with Crippen molar-refractivity contribution < 1.29 is 28.5 Å². The molecule has 2 amide bonds. The summed E-state index contributed by atoms with van der Waals surface area (Å²) in [5.41, 5.74) is 0. The first-order valence-electron chi connectivity index (χ1n) is 6.35. The zero-order chi connectivity index (χ0) is 20.6. The van der Waals surface area contributed by atoms with E-state index in [4.69, 9.17) is 14.1 Å². The lowest BCUT2D eigenvalue weighted by Crippen LogP contribution is -2.17. The van der Waals surface area contributed by atoms with Gasteiger partial charge < -0.3 is 24.9 Å². The van der Waals surface area contributed by atoms with E-state index in [2.05, 4.69) is 17.9 Å². The van der Waals surface area contributed by atoms with Gasteiger partial charge in [-0.25, -0.2) is 0 Å². The van der Waals surface area contributed by atoms with E-state index >= 15 is 0 Å². The Labute approximate surface area is 182 Å². The Hall–Kier alpha value is -1.74. The molecule has 0 atom stereocenters. The molecular formula is C19H52N2O6S. The van der Waals surface area contributed by atoms with Gasteiger partial charge in [0.1, 0.15) is 12.6 Å². The Morgan fingerprint density at radius 2 is 0.929 bits per heavy atom. The molecule has 0 spiro atoms. The van der Waals surface area contributed by atoms with E-state index < -0.39 is 0 Å². The van der Waals surface area contributed by atoms with E-state index in [0.29, 0.717) is 0 Å². The van der Waals surface area contributed by atoms with Crippen LogP contribution in [0.3, 0.4) is 0 Å². The van der Waals surface area contributed by atoms with Gasteiger partial charge in [0.05, 0.1) is 0 Å². The van der Waals surface area contributed by atoms with Crippen molar-refractivity contribution in [1.29, 1.82) is 0 Å². The van der Waals surface area contributed by atoms with Crippen molar-refractivity contribution >= 4 is 36.9 Å². The number of aliphatic hydroxyl groups excluding tert-OH is 1. The van der Waals surface area contributed by atoms with Gasteiger partial charge in [-0.2, -0.15) is 4.21 Å². The standard InChI is InChI=1S/C4H9NO.C3H7NO.C3H8O.C3H6O.CH2O.5CH4.OS/c1-4(6)5(2)3;1-3(5)4-2;2*1-3(2)4;1-2;;;;;;1-2/h1-3H3;1-2H3,(H,4,5);3-4H,1-2H3;1-2H3;1H2;5*1H4;. The second-order valence-electron chi connectivity index (χ2n) is 4.22. The van der Waals surface area contributed by atoms with Gasteiger partial charge >= 0.3 is 0 Å². The van der Waals surface area contributed by atoms with E-state index in [1.54, 1.807) is 35.0 Å². The van der Waals surface area contributed by atoms with Crippen molar-refractivity contribution in [2.24, 2.45) is 0 Å². The smallest absolute Gasteiger partial charge is 0.218 e. The van der Waals surface area contributed by atoms with E-state index in [1.165, 1.54) is 32.6 Å². The Balaban J connectivity index is -0.0000000138. The maximum atomic E-state index is 10.1. The third-order valence-electron chi connectivity index (χ3n) is 0.982. The number of rotatable bonds is 0. The van der Waals surface area contributed by atoms with Crippen LogP contribution in [-0.4, -0.2) is 65.8 Å². The molecule has 9 heteroatoms. The lowest BCUT2D eigenvalue weighted by atomic mass is 10.5.